The molecule has 7 heteroatoms. The first-order valence-corrected chi connectivity index (χ1v) is 6.58. The van der Waals surface area contributed by atoms with Gasteiger partial charge in [-0.05, 0) is 11.6 Å². The summed E-state index contributed by atoms with van der Waals surface area (Å²) in [6.45, 7) is 0. The molecule has 0 saturated heterocycles. The summed E-state index contributed by atoms with van der Waals surface area (Å²) in [6.07, 6.45) is -4.67. The van der Waals surface area contributed by atoms with Crippen molar-refractivity contribution < 1.29 is 26.3 Å². The van der Waals surface area contributed by atoms with Gasteiger partial charge in [-0.15, -0.1) is 0 Å². The molecule has 21 heavy (non-hydrogen) atoms. The topological polar surface area (TPSA) is 0 Å². The molecule has 0 bridgehead atoms. The fourth-order valence-electron chi connectivity index (χ4n) is 1.93. The summed E-state index contributed by atoms with van der Waals surface area (Å²) in [7, 11) is 0. The van der Waals surface area contributed by atoms with Gasteiger partial charge in [-0.2, -0.15) is 13.2 Å². The van der Waals surface area contributed by atoms with Gasteiger partial charge in [-0.25, -0.2) is 13.2 Å². The van der Waals surface area contributed by atoms with Crippen LogP contribution >= 0.6 is 15.9 Å². The first-order chi connectivity index (χ1) is 9.71. The van der Waals surface area contributed by atoms with Gasteiger partial charge in [0.2, 0.25) is 0 Å². The highest BCUT2D eigenvalue weighted by atomic mass is 79.9. The number of hydrogen-bond donors (Lipinski definition) is 0. The summed E-state index contributed by atoms with van der Waals surface area (Å²) in [5.74, 6) is -3.66. The molecular formula is C14H7BrF6. The average molecular weight is 369 g/mol. The number of rotatable bonds is 2. The van der Waals surface area contributed by atoms with E-state index in [0.29, 0.717) is 12.1 Å². The molecule has 0 aromatic heterocycles. The van der Waals surface area contributed by atoms with E-state index in [1.165, 1.54) is 12.1 Å². The Morgan fingerprint density at radius 1 is 0.905 bits per heavy atom. The Labute approximate surface area is 124 Å². The van der Waals surface area contributed by atoms with Crippen LogP contribution in [0.4, 0.5) is 26.3 Å². The molecule has 0 heterocycles. The molecule has 0 N–H and O–H groups in total. The third-order valence-electron chi connectivity index (χ3n) is 2.84. The summed E-state index contributed by atoms with van der Waals surface area (Å²) < 4.78 is 79.0. The second-order valence-electron chi connectivity index (χ2n) is 4.23. The minimum atomic E-state index is -4.67. The standard InChI is InChI=1S/C14H7BrF6/c15-13(12-10(17)5-7(16)6-11(12)18)8-3-1-2-4-9(8)14(19,20)21/h1-6,13H. The molecule has 0 amide bonds. The zero-order chi connectivity index (χ0) is 15.8. The molecule has 112 valence electrons. The minimum Gasteiger partial charge on any atom is -0.207 e. The molecule has 0 aliphatic heterocycles. The van der Waals surface area contributed by atoms with Gasteiger partial charge in [0.05, 0.1) is 10.4 Å². The van der Waals surface area contributed by atoms with Crippen LogP contribution in [0.2, 0.25) is 0 Å². The zero-order valence-corrected chi connectivity index (χ0v) is 11.8. The van der Waals surface area contributed by atoms with E-state index in [-0.39, 0.29) is 5.56 Å². The predicted octanol–water partition coefficient (Wildman–Crippen LogP) is 5.61. The Kier molecular flexibility index (Phi) is 4.32. The van der Waals surface area contributed by atoms with Crippen LogP contribution in [0.3, 0.4) is 0 Å². The lowest BCUT2D eigenvalue weighted by molar-refractivity contribution is -0.138. The van der Waals surface area contributed by atoms with Crippen molar-refractivity contribution in [2.75, 3.05) is 0 Å². The van der Waals surface area contributed by atoms with Gasteiger partial charge in [0.1, 0.15) is 17.5 Å². The minimum absolute atomic E-state index is 0.352. The van der Waals surface area contributed by atoms with Crippen molar-refractivity contribution in [2.24, 2.45) is 0 Å². The van der Waals surface area contributed by atoms with Crippen LogP contribution in [0.1, 0.15) is 21.5 Å². The molecule has 0 aliphatic rings. The quantitative estimate of drug-likeness (QED) is 0.477. The Bertz CT molecular complexity index is 642. The van der Waals surface area contributed by atoms with Crippen LogP contribution in [0, 0.1) is 17.5 Å². The van der Waals surface area contributed by atoms with Crippen LogP contribution in [0.25, 0.3) is 0 Å². The largest absolute Gasteiger partial charge is 0.416 e. The molecule has 1 atom stereocenters. The van der Waals surface area contributed by atoms with E-state index >= 15 is 0 Å². The Morgan fingerprint density at radius 3 is 1.95 bits per heavy atom. The van der Waals surface area contributed by atoms with Gasteiger partial charge >= 0.3 is 6.18 Å². The second kappa shape index (κ2) is 5.71. The van der Waals surface area contributed by atoms with E-state index in [4.69, 9.17) is 0 Å². The van der Waals surface area contributed by atoms with Gasteiger partial charge in [0.25, 0.3) is 0 Å². The van der Waals surface area contributed by atoms with Crippen molar-refractivity contribution in [2.45, 2.75) is 11.0 Å². The van der Waals surface area contributed by atoms with Crippen molar-refractivity contribution in [3.05, 3.63) is 70.5 Å². The Morgan fingerprint density at radius 2 is 1.43 bits per heavy atom. The fraction of sp³-hybridized carbons (Fsp3) is 0.143. The smallest absolute Gasteiger partial charge is 0.207 e. The second-order valence-corrected chi connectivity index (χ2v) is 5.15. The number of halogens is 7. The molecule has 0 aliphatic carbocycles. The first-order valence-electron chi connectivity index (χ1n) is 5.66. The van der Waals surface area contributed by atoms with Crippen molar-refractivity contribution in [1.29, 1.82) is 0 Å². The van der Waals surface area contributed by atoms with Crippen molar-refractivity contribution in [3.8, 4) is 0 Å². The van der Waals surface area contributed by atoms with Gasteiger partial charge in [0, 0.05) is 17.7 Å². The van der Waals surface area contributed by atoms with E-state index in [1.807, 2.05) is 0 Å². The van der Waals surface area contributed by atoms with E-state index in [2.05, 4.69) is 15.9 Å². The van der Waals surface area contributed by atoms with Crippen molar-refractivity contribution in [1.82, 2.24) is 0 Å². The molecule has 2 rings (SSSR count). The molecular weight excluding hydrogens is 362 g/mol. The maximum absolute atomic E-state index is 13.7. The lowest BCUT2D eigenvalue weighted by atomic mass is 9.98. The molecule has 0 spiro atoms. The van der Waals surface area contributed by atoms with Gasteiger partial charge in [-0.1, -0.05) is 34.1 Å². The van der Waals surface area contributed by atoms with Crippen LogP contribution in [-0.2, 0) is 6.18 Å². The Hall–Kier alpha value is -1.50. The first kappa shape index (κ1) is 15.9. The van der Waals surface area contributed by atoms with Gasteiger partial charge in [-0.3, -0.25) is 0 Å². The summed E-state index contributed by atoms with van der Waals surface area (Å²) in [5, 5.41) is 0. The summed E-state index contributed by atoms with van der Waals surface area (Å²) in [4.78, 5) is -1.39. The average Bonchev–Trinajstić information content (AvgIpc) is 2.36. The number of benzene rings is 2. The summed E-state index contributed by atoms with van der Waals surface area (Å²) in [5.41, 5.74) is -2.04. The molecule has 1 unspecified atom stereocenters. The molecule has 0 saturated carbocycles. The van der Waals surface area contributed by atoms with Crippen LogP contribution in [0.15, 0.2) is 36.4 Å². The highest BCUT2D eigenvalue weighted by molar-refractivity contribution is 9.09. The number of alkyl halides is 4. The Balaban J connectivity index is 2.59. The monoisotopic (exact) mass is 368 g/mol. The lowest BCUT2D eigenvalue weighted by Crippen LogP contribution is -2.12. The summed E-state index contributed by atoms with van der Waals surface area (Å²) in [6, 6.07) is 5.24. The van der Waals surface area contributed by atoms with E-state index in [0.717, 1.165) is 12.1 Å². The maximum atomic E-state index is 13.7. The zero-order valence-electron chi connectivity index (χ0n) is 10.2. The number of hydrogen-bond acceptors (Lipinski definition) is 0. The predicted molar refractivity (Wildman–Crippen MR) is 68.5 cm³/mol. The van der Waals surface area contributed by atoms with Crippen molar-refractivity contribution in [3.63, 3.8) is 0 Å². The van der Waals surface area contributed by atoms with E-state index < -0.39 is 39.6 Å². The van der Waals surface area contributed by atoms with Gasteiger partial charge in [0.15, 0.2) is 0 Å². The van der Waals surface area contributed by atoms with Crippen molar-refractivity contribution >= 4 is 15.9 Å². The molecule has 0 nitrogen and oxygen atoms in total. The van der Waals surface area contributed by atoms with Crippen LogP contribution in [0.5, 0.6) is 0 Å². The van der Waals surface area contributed by atoms with Crippen LogP contribution < -0.4 is 0 Å². The third kappa shape index (κ3) is 3.23. The fourth-order valence-corrected chi connectivity index (χ4v) is 2.76. The van der Waals surface area contributed by atoms with E-state index in [1.54, 1.807) is 0 Å². The van der Waals surface area contributed by atoms with Gasteiger partial charge < -0.3 is 0 Å². The third-order valence-corrected chi connectivity index (χ3v) is 3.79. The highest BCUT2D eigenvalue weighted by Crippen LogP contribution is 2.41. The highest BCUT2D eigenvalue weighted by Gasteiger charge is 2.35. The van der Waals surface area contributed by atoms with E-state index in [9.17, 15) is 26.3 Å². The molecule has 2 aromatic carbocycles. The molecule has 0 fully saturated rings. The maximum Gasteiger partial charge on any atom is 0.416 e. The molecule has 0 radical (unpaired) electrons. The lowest BCUT2D eigenvalue weighted by Gasteiger charge is -2.18. The van der Waals surface area contributed by atoms with Crippen LogP contribution in [-0.4, -0.2) is 0 Å². The SMILES string of the molecule is Fc1cc(F)c(C(Br)c2ccccc2C(F)(F)F)c(F)c1. The molecule has 2 aromatic rings. The summed E-state index contributed by atoms with van der Waals surface area (Å²) >= 11 is 2.86. The normalized spacial score (nSPS) is 13.3.